The molecule has 6 heteroatoms. The molecular formula is C12H12ClN3OS. The van der Waals surface area contributed by atoms with Crippen LogP contribution in [0.4, 0.5) is 5.82 Å². The van der Waals surface area contributed by atoms with Crippen molar-refractivity contribution in [1.29, 1.82) is 0 Å². The first-order chi connectivity index (χ1) is 8.58. The number of hydrogen-bond donors (Lipinski definition) is 1. The van der Waals surface area contributed by atoms with E-state index in [0.29, 0.717) is 17.9 Å². The van der Waals surface area contributed by atoms with Crippen molar-refractivity contribution in [1.82, 2.24) is 4.98 Å². The summed E-state index contributed by atoms with van der Waals surface area (Å²) in [6, 6.07) is 7.17. The number of nitrogens with zero attached hydrogens (tertiary/aromatic N) is 2. The van der Waals surface area contributed by atoms with Crippen LogP contribution in [-0.4, -0.2) is 17.9 Å². The first-order valence-electron chi connectivity index (χ1n) is 5.28. The third-order valence-corrected chi connectivity index (χ3v) is 3.65. The minimum Gasteiger partial charge on any atom is -0.365 e. The van der Waals surface area contributed by atoms with E-state index in [4.69, 9.17) is 17.3 Å². The fraction of sp³-hybridized carbons (Fsp3) is 0.167. The molecule has 0 spiro atoms. The van der Waals surface area contributed by atoms with Gasteiger partial charge < -0.3 is 10.6 Å². The summed E-state index contributed by atoms with van der Waals surface area (Å²) >= 11 is 7.39. The van der Waals surface area contributed by atoms with Gasteiger partial charge >= 0.3 is 0 Å². The number of pyridine rings is 1. The Morgan fingerprint density at radius 2 is 2.28 bits per heavy atom. The number of rotatable bonds is 4. The standard InChI is InChI=1S/C12H12ClN3OS/c1-16(7-8-4-5-10(13)18-8)12-9(11(14)17)3-2-6-15-12/h2-6H,7H2,1H3,(H2,14,17). The van der Waals surface area contributed by atoms with E-state index in [0.717, 1.165) is 9.21 Å². The number of thiophene rings is 1. The Morgan fingerprint density at radius 3 is 2.89 bits per heavy atom. The number of aromatic nitrogens is 1. The van der Waals surface area contributed by atoms with Gasteiger partial charge in [-0.25, -0.2) is 4.98 Å². The number of halogens is 1. The lowest BCUT2D eigenvalue weighted by Crippen LogP contribution is -2.22. The summed E-state index contributed by atoms with van der Waals surface area (Å²) < 4.78 is 0.745. The minimum atomic E-state index is -0.478. The Hall–Kier alpha value is -1.59. The maximum absolute atomic E-state index is 11.3. The molecule has 0 aliphatic rings. The van der Waals surface area contributed by atoms with Crippen molar-refractivity contribution in [2.75, 3.05) is 11.9 Å². The molecular weight excluding hydrogens is 270 g/mol. The molecule has 0 aromatic carbocycles. The Kier molecular flexibility index (Phi) is 3.84. The van der Waals surface area contributed by atoms with Crippen LogP contribution >= 0.6 is 22.9 Å². The van der Waals surface area contributed by atoms with Gasteiger partial charge in [-0.05, 0) is 24.3 Å². The van der Waals surface area contributed by atoms with Gasteiger partial charge in [-0.2, -0.15) is 0 Å². The molecule has 0 atom stereocenters. The van der Waals surface area contributed by atoms with Gasteiger partial charge in [0.1, 0.15) is 5.82 Å². The minimum absolute atomic E-state index is 0.419. The van der Waals surface area contributed by atoms with Gasteiger partial charge in [0.15, 0.2) is 0 Å². The second-order valence-corrected chi connectivity index (χ2v) is 5.60. The first-order valence-corrected chi connectivity index (χ1v) is 6.47. The van der Waals surface area contributed by atoms with Crippen molar-refractivity contribution in [3.8, 4) is 0 Å². The fourth-order valence-corrected chi connectivity index (χ4v) is 2.78. The van der Waals surface area contributed by atoms with Crippen LogP contribution in [-0.2, 0) is 6.54 Å². The number of amides is 1. The largest absolute Gasteiger partial charge is 0.365 e. The van der Waals surface area contributed by atoms with Crippen LogP contribution in [0, 0.1) is 0 Å². The maximum Gasteiger partial charge on any atom is 0.252 e. The topological polar surface area (TPSA) is 59.2 Å². The third-order valence-electron chi connectivity index (χ3n) is 2.44. The lowest BCUT2D eigenvalue weighted by Gasteiger charge is -2.19. The van der Waals surface area contributed by atoms with Gasteiger partial charge in [-0.1, -0.05) is 11.6 Å². The Balaban J connectivity index is 2.23. The predicted octanol–water partition coefficient (Wildman–Crippen LogP) is 2.53. The van der Waals surface area contributed by atoms with E-state index in [1.165, 1.54) is 11.3 Å². The van der Waals surface area contributed by atoms with E-state index in [9.17, 15) is 4.79 Å². The number of carbonyl (C=O) groups excluding carboxylic acids is 1. The van der Waals surface area contributed by atoms with Crippen molar-refractivity contribution in [3.05, 3.63) is 45.2 Å². The summed E-state index contributed by atoms with van der Waals surface area (Å²) in [5.74, 6) is 0.101. The highest BCUT2D eigenvalue weighted by atomic mass is 35.5. The number of nitrogens with two attached hydrogens (primary N) is 1. The second-order valence-electron chi connectivity index (χ2n) is 3.80. The average molecular weight is 282 g/mol. The molecule has 2 aromatic rings. The molecule has 0 radical (unpaired) electrons. The lowest BCUT2D eigenvalue weighted by atomic mass is 10.2. The third kappa shape index (κ3) is 2.80. The highest BCUT2D eigenvalue weighted by Crippen LogP contribution is 2.24. The predicted molar refractivity (Wildman–Crippen MR) is 74.2 cm³/mol. The molecule has 0 unspecified atom stereocenters. The molecule has 94 valence electrons. The molecule has 0 saturated heterocycles. The highest BCUT2D eigenvalue weighted by Gasteiger charge is 2.13. The summed E-state index contributed by atoms with van der Waals surface area (Å²) in [5, 5.41) is 0. The van der Waals surface area contributed by atoms with Gasteiger partial charge in [-0.15, -0.1) is 11.3 Å². The summed E-state index contributed by atoms with van der Waals surface area (Å²) in [5.41, 5.74) is 5.74. The van der Waals surface area contributed by atoms with Gasteiger partial charge in [0.2, 0.25) is 0 Å². The molecule has 18 heavy (non-hydrogen) atoms. The van der Waals surface area contributed by atoms with Crippen LogP contribution in [0.15, 0.2) is 30.5 Å². The molecule has 2 heterocycles. The van der Waals surface area contributed by atoms with Gasteiger partial charge in [0.25, 0.3) is 5.91 Å². The molecule has 0 fully saturated rings. The molecule has 0 aliphatic carbocycles. The zero-order valence-corrected chi connectivity index (χ0v) is 11.3. The molecule has 2 rings (SSSR count). The van der Waals surface area contributed by atoms with Crippen molar-refractivity contribution in [3.63, 3.8) is 0 Å². The van der Waals surface area contributed by atoms with Crippen molar-refractivity contribution in [2.24, 2.45) is 5.73 Å². The normalized spacial score (nSPS) is 10.3. The van der Waals surface area contributed by atoms with Crippen molar-refractivity contribution >= 4 is 34.7 Å². The zero-order chi connectivity index (χ0) is 13.1. The Bertz CT molecular complexity index is 570. The van der Waals surface area contributed by atoms with E-state index in [2.05, 4.69) is 4.98 Å². The Labute approximate surface area is 114 Å². The quantitative estimate of drug-likeness (QED) is 0.937. The molecule has 2 aromatic heterocycles. The van der Waals surface area contributed by atoms with E-state index >= 15 is 0 Å². The molecule has 0 aliphatic heterocycles. The van der Waals surface area contributed by atoms with Crippen LogP contribution in [0.2, 0.25) is 4.34 Å². The Morgan fingerprint density at radius 1 is 1.50 bits per heavy atom. The van der Waals surface area contributed by atoms with Crippen LogP contribution in [0.3, 0.4) is 0 Å². The van der Waals surface area contributed by atoms with Crippen LogP contribution in [0.1, 0.15) is 15.2 Å². The van der Waals surface area contributed by atoms with Gasteiger partial charge in [0.05, 0.1) is 16.4 Å². The molecule has 0 bridgehead atoms. The average Bonchev–Trinajstić information content (AvgIpc) is 2.74. The van der Waals surface area contributed by atoms with E-state index in [1.807, 2.05) is 24.1 Å². The van der Waals surface area contributed by atoms with Gasteiger partial charge in [0, 0.05) is 18.1 Å². The van der Waals surface area contributed by atoms with Crippen molar-refractivity contribution in [2.45, 2.75) is 6.54 Å². The molecule has 1 amide bonds. The summed E-state index contributed by atoms with van der Waals surface area (Å²) in [6.45, 7) is 0.634. The lowest BCUT2D eigenvalue weighted by molar-refractivity contribution is 0.100. The van der Waals surface area contributed by atoms with E-state index in [-0.39, 0.29) is 0 Å². The van der Waals surface area contributed by atoms with E-state index in [1.54, 1.807) is 18.3 Å². The van der Waals surface area contributed by atoms with Crippen molar-refractivity contribution < 1.29 is 4.79 Å². The summed E-state index contributed by atoms with van der Waals surface area (Å²) in [4.78, 5) is 18.5. The fourth-order valence-electron chi connectivity index (χ4n) is 1.64. The summed E-state index contributed by atoms with van der Waals surface area (Å²) in [7, 11) is 1.86. The SMILES string of the molecule is CN(Cc1ccc(Cl)s1)c1ncccc1C(N)=O. The maximum atomic E-state index is 11.3. The van der Waals surface area contributed by atoms with Crippen LogP contribution in [0.25, 0.3) is 0 Å². The number of hydrogen-bond acceptors (Lipinski definition) is 4. The summed E-state index contributed by atoms with van der Waals surface area (Å²) in [6.07, 6.45) is 1.64. The monoisotopic (exact) mass is 281 g/mol. The second kappa shape index (κ2) is 5.37. The number of carbonyl (C=O) groups is 1. The molecule has 2 N–H and O–H groups in total. The van der Waals surface area contributed by atoms with Crippen LogP contribution < -0.4 is 10.6 Å². The number of primary amides is 1. The zero-order valence-electron chi connectivity index (χ0n) is 9.76. The van der Waals surface area contributed by atoms with E-state index < -0.39 is 5.91 Å². The first kappa shape index (κ1) is 12.9. The smallest absolute Gasteiger partial charge is 0.252 e. The molecule has 0 saturated carbocycles. The van der Waals surface area contributed by atoms with Crippen LogP contribution in [0.5, 0.6) is 0 Å². The number of anilines is 1. The highest BCUT2D eigenvalue weighted by molar-refractivity contribution is 7.16. The van der Waals surface area contributed by atoms with Gasteiger partial charge in [-0.3, -0.25) is 4.79 Å². The molecule has 4 nitrogen and oxygen atoms in total.